The molecule has 0 bridgehead atoms. The molecule has 0 saturated heterocycles. The third-order valence-corrected chi connectivity index (χ3v) is 2.99. The topological polar surface area (TPSA) is 83.4 Å². The van der Waals surface area contributed by atoms with Gasteiger partial charge < -0.3 is 9.94 Å². The lowest BCUT2D eigenvalue weighted by atomic mass is 10.2. The highest BCUT2D eigenvalue weighted by molar-refractivity contribution is 5.96. The highest BCUT2D eigenvalue weighted by Crippen LogP contribution is 2.16. The third-order valence-electron chi connectivity index (χ3n) is 2.99. The number of fused-ring (bicyclic) bond motifs is 3. The van der Waals surface area contributed by atoms with Gasteiger partial charge in [-0.25, -0.2) is 9.31 Å². The first-order valence-electron chi connectivity index (χ1n) is 6.17. The molecule has 0 unspecified atom stereocenters. The maximum atomic E-state index is 11.9. The van der Waals surface area contributed by atoms with E-state index in [4.69, 9.17) is 4.74 Å². The highest BCUT2D eigenvalue weighted by Gasteiger charge is 2.21. The van der Waals surface area contributed by atoms with Crippen LogP contribution >= 0.6 is 0 Å². The lowest BCUT2D eigenvalue weighted by Crippen LogP contribution is -2.33. The first kappa shape index (κ1) is 12.3. The van der Waals surface area contributed by atoms with E-state index in [-0.39, 0.29) is 17.8 Å². The Morgan fingerprint density at radius 1 is 1.50 bits per heavy atom. The molecule has 0 atom stereocenters. The van der Waals surface area contributed by atoms with E-state index >= 15 is 0 Å². The van der Waals surface area contributed by atoms with Gasteiger partial charge in [-0.1, -0.05) is 6.07 Å². The summed E-state index contributed by atoms with van der Waals surface area (Å²) in [6.45, 7) is 3.88. The molecule has 2 heterocycles. The van der Waals surface area contributed by atoms with Gasteiger partial charge in [0, 0.05) is 11.2 Å². The van der Waals surface area contributed by atoms with Crippen LogP contribution in [0.4, 0.5) is 0 Å². The van der Waals surface area contributed by atoms with E-state index in [2.05, 4.69) is 10.2 Å². The number of ether oxygens (including phenoxy) is 1. The number of hydrogen-bond acceptors (Lipinski definition) is 5. The summed E-state index contributed by atoms with van der Waals surface area (Å²) >= 11 is 0. The first-order chi connectivity index (χ1) is 9.61. The van der Waals surface area contributed by atoms with Gasteiger partial charge in [0.25, 0.3) is 5.52 Å². The van der Waals surface area contributed by atoms with Crippen molar-refractivity contribution in [3.05, 3.63) is 40.7 Å². The minimum Gasteiger partial charge on any atom is -0.594 e. The summed E-state index contributed by atoms with van der Waals surface area (Å²) in [6, 6.07) is 5.32. The molecule has 0 amide bonds. The number of hydrogen-bond donors (Lipinski definition) is 0. The number of nitrogens with zero attached hydrogens (tertiary/aromatic N) is 4. The second-order valence-corrected chi connectivity index (χ2v) is 4.38. The zero-order valence-corrected chi connectivity index (χ0v) is 11.0. The van der Waals surface area contributed by atoms with Crippen molar-refractivity contribution in [1.29, 1.82) is 0 Å². The SMILES string of the molecule is CCOC(=O)c1cnn2c1n[n+]([O-])c1ccc(C)cc12. The molecule has 20 heavy (non-hydrogen) atoms. The Kier molecular flexibility index (Phi) is 2.74. The van der Waals surface area contributed by atoms with Crippen LogP contribution in [-0.2, 0) is 4.74 Å². The van der Waals surface area contributed by atoms with Crippen LogP contribution in [0.3, 0.4) is 0 Å². The summed E-state index contributed by atoms with van der Waals surface area (Å²) in [7, 11) is 0. The molecule has 0 aliphatic heterocycles. The van der Waals surface area contributed by atoms with Gasteiger partial charge in [0.05, 0.1) is 12.8 Å². The average molecular weight is 272 g/mol. The molecule has 7 heteroatoms. The number of carbonyl (C=O) groups is 1. The van der Waals surface area contributed by atoms with Gasteiger partial charge >= 0.3 is 5.97 Å². The van der Waals surface area contributed by atoms with E-state index in [9.17, 15) is 10.0 Å². The Balaban J connectivity index is 2.34. The van der Waals surface area contributed by atoms with E-state index in [0.29, 0.717) is 15.9 Å². The Bertz CT molecular complexity index is 825. The Hall–Kier alpha value is -2.70. The molecule has 1 aromatic carbocycles. The number of benzene rings is 1. The molecule has 0 aliphatic rings. The minimum absolute atomic E-state index is 0.180. The molecular formula is C13H12N4O3. The number of esters is 1. The van der Waals surface area contributed by atoms with Gasteiger partial charge in [0.15, 0.2) is 0 Å². The minimum atomic E-state index is -0.540. The normalized spacial score (nSPS) is 11.1. The molecule has 2 aromatic heterocycles. The van der Waals surface area contributed by atoms with Gasteiger partial charge in [-0.15, -0.1) is 0 Å². The van der Waals surface area contributed by atoms with E-state index in [1.807, 2.05) is 19.1 Å². The molecule has 0 saturated carbocycles. The molecule has 3 rings (SSSR count). The largest absolute Gasteiger partial charge is 0.594 e. The van der Waals surface area contributed by atoms with Crippen LogP contribution < -0.4 is 4.85 Å². The zero-order valence-electron chi connectivity index (χ0n) is 11.0. The predicted molar refractivity (Wildman–Crippen MR) is 70.1 cm³/mol. The highest BCUT2D eigenvalue weighted by atomic mass is 16.5. The van der Waals surface area contributed by atoms with Crippen molar-refractivity contribution >= 4 is 22.6 Å². The smallest absolute Gasteiger partial charge is 0.343 e. The van der Waals surface area contributed by atoms with E-state index in [1.165, 1.54) is 10.7 Å². The molecule has 0 aliphatic carbocycles. The summed E-state index contributed by atoms with van der Waals surface area (Å²) in [5, 5.41) is 19.9. The van der Waals surface area contributed by atoms with Crippen LogP contribution in [0.5, 0.6) is 0 Å². The lowest BCUT2D eigenvalue weighted by molar-refractivity contribution is -0.640. The standard InChI is InChI=1S/C13H12N4O3/c1-3-20-13(18)9-7-14-16-11-6-8(2)4-5-10(11)17(19)15-12(9)16/h4-7H,3H2,1-2H3. The number of aromatic nitrogens is 4. The summed E-state index contributed by atoms with van der Waals surface area (Å²) in [6.07, 6.45) is 1.36. The van der Waals surface area contributed by atoms with Crippen LogP contribution in [0.1, 0.15) is 22.8 Å². The Labute approximate surface area is 114 Å². The van der Waals surface area contributed by atoms with Crippen LogP contribution in [-0.4, -0.2) is 27.3 Å². The van der Waals surface area contributed by atoms with Crippen LogP contribution in [0.25, 0.3) is 16.7 Å². The van der Waals surface area contributed by atoms with Crippen molar-refractivity contribution in [2.45, 2.75) is 13.8 Å². The predicted octanol–water partition coefficient (Wildman–Crippen LogP) is 1.00. The molecular weight excluding hydrogens is 260 g/mol. The molecule has 3 aromatic rings. The van der Waals surface area contributed by atoms with Crippen molar-refractivity contribution < 1.29 is 14.4 Å². The fraction of sp³-hybridized carbons (Fsp3) is 0.231. The van der Waals surface area contributed by atoms with Gasteiger partial charge in [0.1, 0.15) is 11.1 Å². The van der Waals surface area contributed by atoms with Crippen molar-refractivity contribution in [3.8, 4) is 0 Å². The van der Waals surface area contributed by atoms with E-state index in [0.717, 1.165) is 5.56 Å². The Morgan fingerprint density at radius 3 is 3.05 bits per heavy atom. The fourth-order valence-corrected chi connectivity index (χ4v) is 2.07. The molecule has 102 valence electrons. The average Bonchev–Trinajstić information content (AvgIpc) is 2.82. The zero-order chi connectivity index (χ0) is 14.3. The van der Waals surface area contributed by atoms with Gasteiger partial charge in [-0.2, -0.15) is 5.10 Å². The monoisotopic (exact) mass is 272 g/mol. The lowest BCUT2D eigenvalue weighted by Gasteiger charge is -2.03. The summed E-state index contributed by atoms with van der Waals surface area (Å²) in [4.78, 5) is 12.3. The van der Waals surface area contributed by atoms with Gasteiger partial charge in [-0.05, 0) is 30.3 Å². The summed E-state index contributed by atoms with van der Waals surface area (Å²) in [5.74, 6) is -0.540. The first-order valence-corrected chi connectivity index (χ1v) is 6.17. The van der Waals surface area contributed by atoms with Crippen LogP contribution in [0.15, 0.2) is 24.4 Å². The molecule has 0 fully saturated rings. The molecule has 7 nitrogen and oxygen atoms in total. The van der Waals surface area contributed by atoms with Gasteiger partial charge in [0.2, 0.25) is 5.65 Å². The maximum absolute atomic E-state index is 11.9. The van der Waals surface area contributed by atoms with Crippen LogP contribution in [0.2, 0.25) is 0 Å². The summed E-state index contributed by atoms with van der Waals surface area (Å²) < 4.78 is 6.40. The Morgan fingerprint density at radius 2 is 2.30 bits per heavy atom. The third kappa shape index (κ3) is 1.75. The van der Waals surface area contributed by atoms with Gasteiger partial charge in [-0.3, -0.25) is 0 Å². The van der Waals surface area contributed by atoms with Crippen molar-refractivity contribution in [2.24, 2.45) is 0 Å². The van der Waals surface area contributed by atoms with E-state index in [1.54, 1.807) is 13.0 Å². The van der Waals surface area contributed by atoms with Crippen molar-refractivity contribution in [3.63, 3.8) is 0 Å². The number of carbonyl (C=O) groups excluding carboxylic acids is 1. The molecule has 0 N–H and O–H groups in total. The molecule has 0 radical (unpaired) electrons. The van der Waals surface area contributed by atoms with Crippen molar-refractivity contribution in [2.75, 3.05) is 6.61 Å². The summed E-state index contributed by atoms with van der Waals surface area (Å²) in [5.41, 5.74) is 2.34. The number of rotatable bonds is 2. The number of aryl methyl sites for hydroxylation is 1. The van der Waals surface area contributed by atoms with E-state index < -0.39 is 5.97 Å². The fourth-order valence-electron chi connectivity index (χ4n) is 2.07. The maximum Gasteiger partial charge on any atom is 0.343 e. The van der Waals surface area contributed by atoms with Crippen molar-refractivity contribution in [1.82, 2.24) is 14.7 Å². The second-order valence-electron chi connectivity index (χ2n) is 4.38. The second kappa shape index (κ2) is 4.44. The quantitative estimate of drug-likeness (QED) is 0.395. The van der Waals surface area contributed by atoms with Crippen LogP contribution in [0, 0.1) is 12.1 Å². The molecule has 0 spiro atoms.